The van der Waals surface area contributed by atoms with E-state index in [0.29, 0.717) is 19.6 Å². The van der Waals surface area contributed by atoms with Gasteiger partial charge in [-0.25, -0.2) is 0 Å². The SMILES string of the molecule is CCCCCOCC(=O)NC[C@H](O)CC. The second-order valence-corrected chi connectivity index (χ2v) is 3.63. The van der Waals surface area contributed by atoms with E-state index in [1.165, 1.54) is 0 Å². The number of rotatable bonds is 9. The van der Waals surface area contributed by atoms with Gasteiger partial charge < -0.3 is 15.2 Å². The topological polar surface area (TPSA) is 58.6 Å². The van der Waals surface area contributed by atoms with E-state index >= 15 is 0 Å². The summed E-state index contributed by atoms with van der Waals surface area (Å²) in [5, 5.41) is 11.8. The van der Waals surface area contributed by atoms with Crippen LogP contribution in [0.2, 0.25) is 0 Å². The smallest absolute Gasteiger partial charge is 0.246 e. The van der Waals surface area contributed by atoms with Crippen molar-refractivity contribution in [3.8, 4) is 0 Å². The molecule has 0 unspecified atom stereocenters. The fraction of sp³-hybridized carbons (Fsp3) is 0.909. The highest BCUT2D eigenvalue weighted by Crippen LogP contribution is 1.93. The fourth-order valence-electron chi connectivity index (χ4n) is 1.05. The average molecular weight is 217 g/mol. The van der Waals surface area contributed by atoms with E-state index in [4.69, 9.17) is 4.74 Å². The molecule has 0 saturated heterocycles. The van der Waals surface area contributed by atoms with E-state index in [0.717, 1.165) is 19.3 Å². The summed E-state index contributed by atoms with van der Waals surface area (Å²) in [5.74, 6) is -0.154. The van der Waals surface area contributed by atoms with Crippen molar-refractivity contribution in [2.45, 2.75) is 45.6 Å². The quantitative estimate of drug-likeness (QED) is 0.568. The fourth-order valence-corrected chi connectivity index (χ4v) is 1.05. The molecule has 0 rings (SSSR count). The Balaban J connectivity index is 3.26. The van der Waals surface area contributed by atoms with E-state index in [2.05, 4.69) is 12.2 Å². The molecule has 0 heterocycles. The van der Waals surface area contributed by atoms with Crippen molar-refractivity contribution in [1.29, 1.82) is 0 Å². The van der Waals surface area contributed by atoms with E-state index in [1.54, 1.807) is 0 Å². The van der Waals surface area contributed by atoms with Crippen LogP contribution in [0.1, 0.15) is 39.5 Å². The maximum Gasteiger partial charge on any atom is 0.246 e. The predicted octanol–water partition coefficient (Wildman–Crippen LogP) is 1.08. The van der Waals surface area contributed by atoms with Crippen molar-refractivity contribution >= 4 is 5.91 Å². The van der Waals surface area contributed by atoms with E-state index < -0.39 is 6.10 Å². The van der Waals surface area contributed by atoms with E-state index in [9.17, 15) is 9.90 Å². The standard InChI is InChI=1S/C11H23NO3/c1-3-5-6-7-15-9-11(14)12-8-10(13)4-2/h10,13H,3-9H2,1-2H3,(H,12,14)/t10-/m1/s1. The van der Waals surface area contributed by atoms with E-state index in [1.807, 2.05) is 6.92 Å². The van der Waals surface area contributed by atoms with Crippen molar-refractivity contribution in [2.75, 3.05) is 19.8 Å². The second-order valence-electron chi connectivity index (χ2n) is 3.63. The summed E-state index contributed by atoms with van der Waals surface area (Å²) in [6, 6.07) is 0. The molecule has 4 nitrogen and oxygen atoms in total. The van der Waals surface area contributed by atoms with Crippen LogP contribution in [0.4, 0.5) is 0 Å². The van der Waals surface area contributed by atoms with Gasteiger partial charge in [0.25, 0.3) is 0 Å². The number of ether oxygens (including phenoxy) is 1. The Bertz CT molecular complexity index is 162. The Hall–Kier alpha value is -0.610. The molecule has 0 bridgehead atoms. The minimum atomic E-state index is -0.450. The number of aliphatic hydroxyl groups excluding tert-OH is 1. The highest BCUT2D eigenvalue weighted by molar-refractivity contribution is 5.77. The summed E-state index contributed by atoms with van der Waals surface area (Å²) < 4.78 is 5.17. The lowest BCUT2D eigenvalue weighted by Crippen LogP contribution is -2.34. The first kappa shape index (κ1) is 14.4. The molecule has 1 atom stereocenters. The van der Waals surface area contributed by atoms with Crippen LogP contribution in [-0.2, 0) is 9.53 Å². The maximum atomic E-state index is 11.1. The highest BCUT2D eigenvalue weighted by Gasteiger charge is 2.04. The van der Waals surface area contributed by atoms with Gasteiger partial charge in [-0.2, -0.15) is 0 Å². The van der Waals surface area contributed by atoms with Gasteiger partial charge in [0.1, 0.15) is 6.61 Å². The summed E-state index contributed by atoms with van der Waals surface area (Å²) in [7, 11) is 0. The number of carbonyl (C=O) groups is 1. The molecule has 2 N–H and O–H groups in total. The zero-order valence-electron chi connectivity index (χ0n) is 9.79. The molecule has 0 aromatic heterocycles. The van der Waals surface area contributed by atoms with Crippen LogP contribution in [0.3, 0.4) is 0 Å². The molecule has 15 heavy (non-hydrogen) atoms. The summed E-state index contributed by atoms with van der Waals surface area (Å²) >= 11 is 0. The Morgan fingerprint density at radius 1 is 1.40 bits per heavy atom. The Kier molecular flexibility index (Phi) is 9.52. The lowest BCUT2D eigenvalue weighted by Gasteiger charge is -2.09. The lowest BCUT2D eigenvalue weighted by molar-refractivity contribution is -0.126. The average Bonchev–Trinajstić information content (AvgIpc) is 2.25. The summed E-state index contributed by atoms with van der Waals surface area (Å²) in [4.78, 5) is 11.1. The molecular formula is C11H23NO3. The van der Waals surface area contributed by atoms with Gasteiger partial charge in [0.15, 0.2) is 0 Å². The molecular weight excluding hydrogens is 194 g/mol. The first-order chi connectivity index (χ1) is 7.20. The van der Waals surface area contributed by atoms with Crippen LogP contribution >= 0.6 is 0 Å². The van der Waals surface area contributed by atoms with Crippen molar-refractivity contribution in [2.24, 2.45) is 0 Å². The van der Waals surface area contributed by atoms with Crippen LogP contribution in [-0.4, -0.2) is 36.9 Å². The molecule has 0 saturated carbocycles. The monoisotopic (exact) mass is 217 g/mol. The van der Waals surface area contributed by atoms with Crippen molar-refractivity contribution in [3.63, 3.8) is 0 Å². The molecule has 4 heteroatoms. The molecule has 0 spiro atoms. The normalized spacial score (nSPS) is 12.5. The van der Waals surface area contributed by atoms with Crippen molar-refractivity contribution in [1.82, 2.24) is 5.32 Å². The Labute approximate surface area is 92.0 Å². The molecule has 0 radical (unpaired) electrons. The second kappa shape index (κ2) is 9.93. The number of nitrogens with one attached hydrogen (secondary N) is 1. The molecule has 90 valence electrons. The highest BCUT2D eigenvalue weighted by atomic mass is 16.5. The molecule has 0 aliphatic carbocycles. The zero-order valence-corrected chi connectivity index (χ0v) is 9.79. The molecule has 1 amide bonds. The Morgan fingerprint density at radius 2 is 2.13 bits per heavy atom. The number of hydrogen-bond acceptors (Lipinski definition) is 3. The van der Waals surface area contributed by atoms with Gasteiger partial charge in [0, 0.05) is 13.2 Å². The first-order valence-corrected chi connectivity index (χ1v) is 5.73. The van der Waals surface area contributed by atoms with Gasteiger partial charge in [-0.1, -0.05) is 26.7 Å². The summed E-state index contributed by atoms with van der Waals surface area (Å²) in [5.41, 5.74) is 0. The lowest BCUT2D eigenvalue weighted by atomic mass is 10.3. The third-order valence-electron chi connectivity index (χ3n) is 2.13. The molecule has 0 aromatic rings. The molecule has 0 aliphatic heterocycles. The largest absolute Gasteiger partial charge is 0.391 e. The van der Waals surface area contributed by atoms with Gasteiger partial charge in [-0.05, 0) is 12.8 Å². The third kappa shape index (κ3) is 9.69. The van der Waals surface area contributed by atoms with Gasteiger partial charge in [-0.3, -0.25) is 4.79 Å². The molecule has 0 aliphatic rings. The zero-order chi connectivity index (χ0) is 11.5. The Morgan fingerprint density at radius 3 is 2.73 bits per heavy atom. The van der Waals surface area contributed by atoms with Gasteiger partial charge in [0.05, 0.1) is 6.10 Å². The maximum absolute atomic E-state index is 11.1. The van der Waals surface area contributed by atoms with Crippen LogP contribution < -0.4 is 5.32 Å². The number of amides is 1. The van der Waals surface area contributed by atoms with E-state index in [-0.39, 0.29) is 12.5 Å². The molecule has 0 aromatic carbocycles. The minimum Gasteiger partial charge on any atom is -0.391 e. The van der Waals surface area contributed by atoms with Gasteiger partial charge in [0.2, 0.25) is 5.91 Å². The number of aliphatic hydroxyl groups is 1. The van der Waals surface area contributed by atoms with Crippen molar-refractivity contribution < 1.29 is 14.6 Å². The van der Waals surface area contributed by atoms with Crippen LogP contribution in [0, 0.1) is 0 Å². The van der Waals surface area contributed by atoms with Crippen molar-refractivity contribution in [3.05, 3.63) is 0 Å². The first-order valence-electron chi connectivity index (χ1n) is 5.73. The minimum absolute atomic E-state index is 0.0974. The number of unbranched alkanes of at least 4 members (excludes halogenated alkanes) is 2. The summed E-state index contributed by atoms with van der Waals surface area (Å²) in [6.45, 7) is 5.04. The van der Waals surface area contributed by atoms with Crippen LogP contribution in [0.15, 0.2) is 0 Å². The van der Waals surface area contributed by atoms with Crippen LogP contribution in [0.25, 0.3) is 0 Å². The van der Waals surface area contributed by atoms with Gasteiger partial charge in [-0.15, -0.1) is 0 Å². The predicted molar refractivity (Wildman–Crippen MR) is 59.7 cm³/mol. The van der Waals surface area contributed by atoms with Crippen LogP contribution in [0.5, 0.6) is 0 Å². The number of carbonyl (C=O) groups excluding carboxylic acids is 1. The summed E-state index contributed by atoms with van der Waals surface area (Å²) in [6.07, 6.45) is 3.49. The third-order valence-corrected chi connectivity index (χ3v) is 2.13. The molecule has 0 fully saturated rings. The number of hydrogen-bond donors (Lipinski definition) is 2. The van der Waals surface area contributed by atoms with Gasteiger partial charge >= 0.3 is 0 Å².